The summed E-state index contributed by atoms with van der Waals surface area (Å²) in [6.45, 7) is 4.67. The van der Waals surface area contributed by atoms with E-state index in [-0.39, 0.29) is 24.1 Å². The minimum Gasteiger partial charge on any atom is -0.352 e. The molecule has 0 fully saturated rings. The fraction of sp³-hybridized carbons (Fsp3) is 0.263. The van der Waals surface area contributed by atoms with Crippen molar-refractivity contribution >= 4 is 17.5 Å². The Morgan fingerprint density at radius 3 is 2.42 bits per heavy atom. The summed E-state index contributed by atoms with van der Waals surface area (Å²) in [7, 11) is 0. The van der Waals surface area contributed by atoms with Gasteiger partial charge in [0.2, 0.25) is 5.91 Å². The molecule has 0 aromatic heterocycles. The maximum atomic E-state index is 13.1. The van der Waals surface area contributed by atoms with E-state index in [0.717, 1.165) is 0 Å². The van der Waals surface area contributed by atoms with Crippen molar-refractivity contribution in [1.29, 1.82) is 0 Å². The van der Waals surface area contributed by atoms with Crippen molar-refractivity contribution in [2.75, 3.05) is 11.9 Å². The third-order valence-electron chi connectivity index (χ3n) is 3.36. The van der Waals surface area contributed by atoms with Crippen LogP contribution in [-0.4, -0.2) is 18.4 Å². The van der Waals surface area contributed by atoms with Gasteiger partial charge < -0.3 is 10.6 Å². The Kier molecular flexibility index (Phi) is 6.07. The van der Waals surface area contributed by atoms with E-state index in [1.807, 2.05) is 13.8 Å². The lowest BCUT2D eigenvalue weighted by atomic mass is 10.1. The molecule has 2 N–H and O–H groups in total. The maximum Gasteiger partial charge on any atom is 0.251 e. The average Bonchev–Trinajstić information content (AvgIpc) is 2.53. The van der Waals surface area contributed by atoms with Gasteiger partial charge in [0.1, 0.15) is 5.82 Å². The molecule has 126 valence electrons. The summed E-state index contributed by atoms with van der Waals surface area (Å²) in [5, 5.41) is 5.57. The summed E-state index contributed by atoms with van der Waals surface area (Å²) < 4.78 is 13.1. The van der Waals surface area contributed by atoms with E-state index >= 15 is 0 Å². The first-order valence-corrected chi connectivity index (χ1v) is 7.86. The van der Waals surface area contributed by atoms with Crippen molar-refractivity contribution < 1.29 is 14.0 Å². The molecule has 0 unspecified atom stereocenters. The highest BCUT2D eigenvalue weighted by atomic mass is 19.1. The number of rotatable bonds is 6. The molecule has 0 aliphatic rings. The predicted molar refractivity (Wildman–Crippen MR) is 92.3 cm³/mol. The molecule has 0 saturated carbocycles. The lowest BCUT2D eigenvalue weighted by Crippen LogP contribution is -2.27. The fourth-order valence-electron chi connectivity index (χ4n) is 2.14. The molecule has 0 heterocycles. The molecule has 0 radical (unpaired) electrons. The first kappa shape index (κ1) is 17.7. The van der Waals surface area contributed by atoms with Crippen LogP contribution in [0, 0.1) is 11.7 Å². The smallest absolute Gasteiger partial charge is 0.251 e. The van der Waals surface area contributed by atoms with Crippen LogP contribution in [0.25, 0.3) is 0 Å². The number of halogens is 1. The van der Waals surface area contributed by atoms with Crippen LogP contribution >= 0.6 is 0 Å². The van der Waals surface area contributed by atoms with Gasteiger partial charge >= 0.3 is 0 Å². The van der Waals surface area contributed by atoms with Crippen molar-refractivity contribution in [3.05, 3.63) is 65.5 Å². The highest BCUT2D eigenvalue weighted by Crippen LogP contribution is 2.11. The van der Waals surface area contributed by atoms with Crippen LogP contribution in [0.1, 0.15) is 29.8 Å². The fourth-order valence-corrected chi connectivity index (χ4v) is 2.14. The van der Waals surface area contributed by atoms with Gasteiger partial charge in [0.05, 0.1) is 6.42 Å². The van der Waals surface area contributed by atoms with Gasteiger partial charge in [-0.15, -0.1) is 0 Å². The summed E-state index contributed by atoms with van der Waals surface area (Å²) >= 11 is 0. The van der Waals surface area contributed by atoms with E-state index in [1.54, 1.807) is 36.4 Å². The van der Waals surface area contributed by atoms with Crippen molar-refractivity contribution in [1.82, 2.24) is 5.32 Å². The SMILES string of the molecule is CC(C)CNC(=O)c1ccc(NC(=O)Cc2cccc(F)c2)cc1. The van der Waals surface area contributed by atoms with Crippen LogP contribution < -0.4 is 10.6 Å². The Balaban J connectivity index is 1.91. The van der Waals surface area contributed by atoms with Crippen molar-refractivity contribution in [2.45, 2.75) is 20.3 Å². The number of hydrogen-bond donors (Lipinski definition) is 2. The zero-order valence-electron chi connectivity index (χ0n) is 13.8. The van der Waals surface area contributed by atoms with E-state index in [1.165, 1.54) is 12.1 Å². The molecular weight excluding hydrogens is 307 g/mol. The van der Waals surface area contributed by atoms with E-state index in [4.69, 9.17) is 0 Å². The molecular formula is C19H21FN2O2. The van der Waals surface area contributed by atoms with Gasteiger partial charge in [-0.25, -0.2) is 4.39 Å². The van der Waals surface area contributed by atoms with E-state index < -0.39 is 0 Å². The zero-order chi connectivity index (χ0) is 17.5. The standard InChI is InChI=1S/C19H21FN2O2/c1-13(2)12-21-19(24)15-6-8-17(9-7-15)22-18(23)11-14-4-3-5-16(20)10-14/h3-10,13H,11-12H2,1-2H3,(H,21,24)(H,22,23). The van der Waals surface area contributed by atoms with Crippen LogP contribution in [0.3, 0.4) is 0 Å². The van der Waals surface area contributed by atoms with Gasteiger partial charge in [-0.05, 0) is 47.9 Å². The number of anilines is 1. The molecule has 2 aromatic carbocycles. The quantitative estimate of drug-likeness (QED) is 0.854. The van der Waals surface area contributed by atoms with Gasteiger partial charge in [-0.1, -0.05) is 26.0 Å². The molecule has 0 spiro atoms. The number of carbonyl (C=O) groups excluding carboxylic acids is 2. The monoisotopic (exact) mass is 328 g/mol. The predicted octanol–water partition coefficient (Wildman–Crippen LogP) is 3.39. The Morgan fingerprint density at radius 2 is 1.79 bits per heavy atom. The largest absolute Gasteiger partial charge is 0.352 e. The lowest BCUT2D eigenvalue weighted by molar-refractivity contribution is -0.115. The normalized spacial score (nSPS) is 10.5. The second-order valence-corrected chi connectivity index (χ2v) is 6.04. The molecule has 2 amide bonds. The molecule has 2 rings (SSSR count). The van der Waals surface area contributed by atoms with Crippen LogP contribution in [0.15, 0.2) is 48.5 Å². The zero-order valence-corrected chi connectivity index (χ0v) is 13.8. The number of nitrogens with one attached hydrogen (secondary N) is 2. The number of benzene rings is 2. The molecule has 24 heavy (non-hydrogen) atoms. The van der Waals surface area contributed by atoms with E-state index in [9.17, 15) is 14.0 Å². The molecule has 0 aliphatic carbocycles. The minimum atomic E-state index is -0.364. The Labute approximate surface area is 141 Å². The summed E-state index contributed by atoms with van der Waals surface area (Å²) in [6, 6.07) is 12.6. The van der Waals surface area contributed by atoms with E-state index in [2.05, 4.69) is 10.6 Å². The molecule has 2 aromatic rings. The summed E-state index contributed by atoms with van der Waals surface area (Å²) in [4.78, 5) is 23.9. The molecule has 0 aliphatic heterocycles. The molecule has 0 atom stereocenters. The Bertz CT molecular complexity index is 712. The topological polar surface area (TPSA) is 58.2 Å². The number of carbonyl (C=O) groups is 2. The molecule has 0 saturated heterocycles. The molecule has 4 nitrogen and oxygen atoms in total. The van der Waals surface area contributed by atoms with Gasteiger partial charge in [0, 0.05) is 17.8 Å². The highest BCUT2D eigenvalue weighted by molar-refractivity contribution is 5.96. The highest BCUT2D eigenvalue weighted by Gasteiger charge is 2.08. The van der Waals surface area contributed by atoms with Gasteiger partial charge in [0.15, 0.2) is 0 Å². The van der Waals surface area contributed by atoms with Crippen LogP contribution in [-0.2, 0) is 11.2 Å². The first-order valence-electron chi connectivity index (χ1n) is 7.86. The van der Waals surface area contributed by atoms with Gasteiger partial charge in [-0.3, -0.25) is 9.59 Å². The third-order valence-corrected chi connectivity index (χ3v) is 3.36. The molecule has 0 bridgehead atoms. The van der Waals surface area contributed by atoms with Gasteiger partial charge in [-0.2, -0.15) is 0 Å². The van der Waals surface area contributed by atoms with Crippen molar-refractivity contribution in [2.24, 2.45) is 5.92 Å². The van der Waals surface area contributed by atoms with E-state index in [0.29, 0.717) is 29.3 Å². The minimum absolute atomic E-state index is 0.0917. The molecule has 5 heteroatoms. The lowest BCUT2D eigenvalue weighted by Gasteiger charge is -2.09. The first-order chi connectivity index (χ1) is 11.4. The number of amides is 2. The van der Waals surface area contributed by atoms with Crippen LogP contribution in [0.5, 0.6) is 0 Å². The maximum absolute atomic E-state index is 13.1. The summed E-state index contributed by atoms with van der Waals surface area (Å²) in [6.07, 6.45) is 0.0917. The van der Waals surface area contributed by atoms with Crippen LogP contribution in [0.2, 0.25) is 0 Å². The second kappa shape index (κ2) is 8.24. The second-order valence-electron chi connectivity index (χ2n) is 6.04. The summed E-state index contributed by atoms with van der Waals surface area (Å²) in [5.74, 6) is -0.355. The van der Waals surface area contributed by atoms with Crippen LogP contribution in [0.4, 0.5) is 10.1 Å². The Hall–Kier alpha value is -2.69. The number of hydrogen-bond acceptors (Lipinski definition) is 2. The summed E-state index contributed by atoms with van der Waals surface area (Å²) in [5.41, 5.74) is 1.74. The average molecular weight is 328 g/mol. The van der Waals surface area contributed by atoms with Crippen molar-refractivity contribution in [3.63, 3.8) is 0 Å². The third kappa shape index (κ3) is 5.50. The van der Waals surface area contributed by atoms with Gasteiger partial charge in [0.25, 0.3) is 5.91 Å². The van der Waals surface area contributed by atoms with Crippen molar-refractivity contribution in [3.8, 4) is 0 Å². The Morgan fingerprint density at radius 1 is 1.08 bits per heavy atom.